The van der Waals surface area contributed by atoms with Crippen molar-refractivity contribution >= 4 is 28.1 Å². The second kappa shape index (κ2) is 6.00. The number of benzene rings is 2. The zero-order chi connectivity index (χ0) is 16.4. The van der Waals surface area contributed by atoms with Gasteiger partial charge in [-0.3, -0.25) is 10.1 Å². The Kier molecular flexibility index (Phi) is 3.89. The van der Waals surface area contributed by atoms with E-state index in [0.29, 0.717) is 11.5 Å². The van der Waals surface area contributed by atoms with E-state index in [1.165, 1.54) is 12.1 Å². The molecule has 0 radical (unpaired) electrons. The first-order valence-corrected chi connectivity index (χ1v) is 7.33. The van der Waals surface area contributed by atoms with Crippen LogP contribution in [0.2, 0.25) is 0 Å². The summed E-state index contributed by atoms with van der Waals surface area (Å²) in [5.74, 6) is 1.57. The molecule has 1 heterocycles. The van der Waals surface area contributed by atoms with Gasteiger partial charge in [-0.15, -0.1) is 0 Å². The highest BCUT2D eigenvalue weighted by Crippen LogP contribution is 2.27. The van der Waals surface area contributed by atoms with Crippen molar-refractivity contribution in [3.05, 3.63) is 64.5 Å². The third kappa shape index (κ3) is 3.11. The lowest BCUT2D eigenvalue weighted by atomic mass is 10.1. The molecule has 3 rings (SSSR count). The van der Waals surface area contributed by atoms with Gasteiger partial charge >= 0.3 is 0 Å². The van der Waals surface area contributed by atoms with Gasteiger partial charge in [0.15, 0.2) is 0 Å². The van der Waals surface area contributed by atoms with Crippen LogP contribution in [0.1, 0.15) is 25.6 Å². The van der Waals surface area contributed by atoms with E-state index < -0.39 is 4.92 Å². The Hall–Kier alpha value is -3.02. The second-order valence-corrected chi connectivity index (χ2v) is 5.53. The van der Waals surface area contributed by atoms with Crippen molar-refractivity contribution in [1.82, 2.24) is 9.97 Å². The molecule has 1 aromatic heterocycles. The van der Waals surface area contributed by atoms with Gasteiger partial charge in [-0.05, 0) is 18.2 Å². The fourth-order valence-electron chi connectivity index (χ4n) is 2.28. The Morgan fingerprint density at radius 3 is 2.61 bits per heavy atom. The van der Waals surface area contributed by atoms with Crippen molar-refractivity contribution in [1.29, 1.82) is 0 Å². The average Bonchev–Trinajstić information content (AvgIpc) is 2.55. The Labute approximate surface area is 133 Å². The highest BCUT2D eigenvalue weighted by Gasteiger charge is 2.12. The standard InChI is InChI=1S/C17H16N4O2/c1-11(2)16-19-15-9-4-3-8-14(15)17(20-16)18-12-6-5-7-13(10-12)21(22)23/h3-11H,1-2H3,(H,18,19,20). The van der Waals surface area contributed by atoms with Crippen LogP contribution in [0.5, 0.6) is 0 Å². The van der Waals surface area contributed by atoms with Crippen molar-refractivity contribution in [3.8, 4) is 0 Å². The van der Waals surface area contributed by atoms with Gasteiger partial charge in [0.2, 0.25) is 0 Å². The number of nitro groups is 1. The van der Waals surface area contributed by atoms with Crippen molar-refractivity contribution < 1.29 is 4.92 Å². The molecular formula is C17H16N4O2. The maximum Gasteiger partial charge on any atom is 0.271 e. The third-order valence-corrected chi connectivity index (χ3v) is 3.46. The predicted molar refractivity (Wildman–Crippen MR) is 90.0 cm³/mol. The number of nitro benzene ring substituents is 1. The number of fused-ring (bicyclic) bond motifs is 1. The molecule has 0 aliphatic carbocycles. The zero-order valence-corrected chi connectivity index (χ0v) is 12.9. The Morgan fingerprint density at radius 2 is 1.87 bits per heavy atom. The lowest BCUT2D eigenvalue weighted by Gasteiger charge is -2.12. The summed E-state index contributed by atoms with van der Waals surface area (Å²) >= 11 is 0. The van der Waals surface area contributed by atoms with E-state index in [1.54, 1.807) is 12.1 Å². The fraction of sp³-hybridized carbons (Fsp3) is 0.176. The monoisotopic (exact) mass is 308 g/mol. The normalized spacial score (nSPS) is 10.9. The molecule has 0 spiro atoms. The smallest absolute Gasteiger partial charge is 0.271 e. The number of non-ortho nitro benzene ring substituents is 1. The van der Waals surface area contributed by atoms with Crippen LogP contribution in [0.3, 0.4) is 0 Å². The van der Waals surface area contributed by atoms with Crippen LogP contribution < -0.4 is 5.32 Å². The molecule has 6 nitrogen and oxygen atoms in total. The summed E-state index contributed by atoms with van der Waals surface area (Å²) in [7, 11) is 0. The summed E-state index contributed by atoms with van der Waals surface area (Å²) in [4.78, 5) is 19.6. The molecule has 0 aliphatic rings. The number of nitrogens with one attached hydrogen (secondary N) is 1. The molecule has 0 amide bonds. The van der Waals surface area contributed by atoms with Crippen LogP contribution in [0.4, 0.5) is 17.2 Å². The van der Waals surface area contributed by atoms with Gasteiger partial charge in [-0.2, -0.15) is 0 Å². The molecule has 0 saturated carbocycles. The highest BCUT2D eigenvalue weighted by molar-refractivity contribution is 5.90. The van der Waals surface area contributed by atoms with E-state index in [4.69, 9.17) is 0 Å². The number of anilines is 2. The fourth-order valence-corrected chi connectivity index (χ4v) is 2.28. The van der Waals surface area contributed by atoms with Gasteiger partial charge < -0.3 is 5.32 Å². The first-order valence-electron chi connectivity index (χ1n) is 7.33. The van der Waals surface area contributed by atoms with Crippen LogP contribution in [0.15, 0.2) is 48.5 Å². The summed E-state index contributed by atoms with van der Waals surface area (Å²) in [6.45, 7) is 4.06. The van der Waals surface area contributed by atoms with Gasteiger partial charge in [0.25, 0.3) is 5.69 Å². The molecule has 0 saturated heterocycles. The summed E-state index contributed by atoms with van der Waals surface area (Å²) in [5.41, 5.74) is 1.51. The minimum Gasteiger partial charge on any atom is -0.339 e. The van der Waals surface area contributed by atoms with Gasteiger partial charge in [0.05, 0.1) is 10.4 Å². The molecule has 1 N–H and O–H groups in total. The maximum atomic E-state index is 10.9. The SMILES string of the molecule is CC(C)c1nc(Nc2cccc([N+](=O)[O-])c2)c2ccccc2n1. The van der Waals surface area contributed by atoms with Crippen LogP contribution >= 0.6 is 0 Å². The molecule has 0 unspecified atom stereocenters. The van der Waals surface area contributed by atoms with Crippen molar-refractivity contribution in [2.75, 3.05) is 5.32 Å². The summed E-state index contributed by atoms with van der Waals surface area (Å²) in [5, 5.41) is 15.0. The third-order valence-electron chi connectivity index (χ3n) is 3.46. The lowest BCUT2D eigenvalue weighted by Crippen LogP contribution is -2.03. The molecule has 116 valence electrons. The summed E-state index contributed by atoms with van der Waals surface area (Å²) in [6.07, 6.45) is 0. The molecule has 0 atom stereocenters. The number of rotatable bonds is 4. The topological polar surface area (TPSA) is 81.0 Å². The van der Waals surface area contributed by atoms with E-state index >= 15 is 0 Å². The number of aromatic nitrogens is 2. The van der Waals surface area contributed by atoms with Crippen LogP contribution in [0, 0.1) is 10.1 Å². The first-order chi connectivity index (χ1) is 11.0. The van der Waals surface area contributed by atoms with E-state index in [-0.39, 0.29) is 11.6 Å². The van der Waals surface area contributed by atoms with Crippen LogP contribution in [-0.4, -0.2) is 14.9 Å². The molecule has 2 aromatic carbocycles. The van der Waals surface area contributed by atoms with E-state index in [0.717, 1.165) is 16.7 Å². The average molecular weight is 308 g/mol. The molecule has 0 bridgehead atoms. The largest absolute Gasteiger partial charge is 0.339 e. The predicted octanol–water partition coefficient (Wildman–Crippen LogP) is 4.41. The molecule has 6 heteroatoms. The van der Waals surface area contributed by atoms with Gasteiger partial charge in [0.1, 0.15) is 11.6 Å². The molecular weight excluding hydrogens is 292 g/mol. The van der Waals surface area contributed by atoms with E-state index in [9.17, 15) is 10.1 Å². The van der Waals surface area contributed by atoms with Crippen molar-refractivity contribution in [2.24, 2.45) is 0 Å². The van der Waals surface area contributed by atoms with Crippen LogP contribution in [0.25, 0.3) is 10.9 Å². The van der Waals surface area contributed by atoms with Crippen molar-refractivity contribution in [3.63, 3.8) is 0 Å². The van der Waals surface area contributed by atoms with Crippen molar-refractivity contribution in [2.45, 2.75) is 19.8 Å². The zero-order valence-electron chi connectivity index (χ0n) is 12.9. The lowest BCUT2D eigenvalue weighted by molar-refractivity contribution is -0.384. The number of nitrogens with zero attached hydrogens (tertiary/aromatic N) is 3. The number of hydrogen-bond donors (Lipinski definition) is 1. The molecule has 23 heavy (non-hydrogen) atoms. The van der Waals surface area contributed by atoms with Crippen LogP contribution in [-0.2, 0) is 0 Å². The minimum atomic E-state index is -0.414. The Morgan fingerprint density at radius 1 is 1.09 bits per heavy atom. The quantitative estimate of drug-likeness (QED) is 0.570. The molecule has 0 aliphatic heterocycles. The Bertz CT molecular complexity index is 877. The van der Waals surface area contributed by atoms with Gasteiger partial charge in [0, 0.05) is 29.1 Å². The van der Waals surface area contributed by atoms with Gasteiger partial charge in [-0.1, -0.05) is 32.0 Å². The number of hydrogen-bond acceptors (Lipinski definition) is 5. The maximum absolute atomic E-state index is 10.9. The van der Waals surface area contributed by atoms with E-state index in [1.807, 2.05) is 38.1 Å². The molecule has 3 aromatic rings. The second-order valence-electron chi connectivity index (χ2n) is 5.53. The Balaban J connectivity index is 2.08. The first kappa shape index (κ1) is 14.9. The van der Waals surface area contributed by atoms with E-state index in [2.05, 4.69) is 15.3 Å². The minimum absolute atomic E-state index is 0.0393. The highest BCUT2D eigenvalue weighted by atomic mass is 16.6. The number of para-hydroxylation sites is 1. The van der Waals surface area contributed by atoms with Gasteiger partial charge in [-0.25, -0.2) is 9.97 Å². The molecule has 0 fully saturated rings. The summed E-state index contributed by atoms with van der Waals surface area (Å²) in [6, 6.07) is 14.1. The summed E-state index contributed by atoms with van der Waals surface area (Å²) < 4.78 is 0.